The lowest BCUT2D eigenvalue weighted by Crippen LogP contribution is -2.44. The number of carbonyl (C=O) groups excluding carboxylic acids is 2. The molecule has 2 amide bonds. The zero-order chi connectivity index (χ0) is 24.0. The summed E-state index contributed by atoms with van der Waals surface area (Å²) in [5.74, 6) is 0.751. The van der Waals surface area contributed by atoms with Crippen molar-refractivity contribution >= 4 is 23.6 Å². The van der Waals surface area contributed by atoms with E-state index in [1.807, 2.05) is 30.5 Å². The van der Waals surface area contributed by atoms with E-state index in [9.17, 15) is 9.59 Å². The average molecular weight is 479 g/mol. The van der Waals surface area contributed by atoms with Crippen molar-refractivity contribution in [3.63, 3.8) is 0 Å². The molecule has 4 rings (SSSR count). The van der Waals surface area contributed by atoms with Crippen LogP contribution in [0.25, 0.3) is 5.69 Å². The molecule has 34 heavy (non-hydrogen) atoms. The minimum atomic E-state index is -0.371. The summed E-state index contributed by atoms with van der Waals surface area (Å²) in [6.45, 7) is 0.392. The van der Waals surface area contributed by atoms with Crippen molar-refractivity contribution in [1.29, 1.82) is 0 Å². The zero-order valence-corrected chi connectivity index (χ0v) is 20.4. The summed E-state index contributed by atoms with van der Waals surface area (Å²) < 4.78 is 7.14. The third-order valence-corrected chi connectivity index (χ3v) is 6.97. The van der Waals surface area contributed by atoms with Crippen LogP contribution in [0.5, 0.6) is 5.75 Å². The summed E-state index contributed by atoms with van der Waals surface area (Å²) in [6.07, 6.45) is 8.61. The summed E-state index contributed by atoms with van der Waals surface area (Å²) in [5, 5.41) is 10.5. The van der Waals surface area contributed by atoms with Gasteiger partial charge in [0, 0.05) is 41.6 Å². The van der Waals surface area contributed by atoms with Crippen LogP contribution in [0.1, 0.15) is 36.8 Å². The van der Waals surface area contributed by atoms with E-state index in [1.165, 1.54) is 10.5 Å². The zero-order valence-electron chi connectivity index (χ0n) is 19.5. The van der Waals surface area contributed by atoms with Crippen molar-refractivity contribution in [2.75, 3.05) is 13.4 Å². The second-order valence-electron chi connectivity index (χ2n) is 8.60. The minimum absolute atomic E-state index is 0.0386. The van der Waals surface area contributed by atoms with E-state index < -0.39 is 0 Å². The Kier molecular flexibility index (Phi) is 7.57. The molecule has 1 aliphatic rings. The van der Waals surface area contributed by atoms with Gasteiger partial charge >= 0.3 is 0 Å². The molecule has 0 spiro atoms. The topological polar surface area (TPSA) is 85.2 Å². The number of benzene rings is 2. The quantitative estimate of drug-likeness (QED) is 0.432. The van der Waals surface area contributed by atoms with Crippen LogP contribution in [-0.4, -0.2) is 40.5 Å². The van der Waals surface area contributed by atoms with E-state index in [0.717, 1.165) is 29.8 Å². The second-order valence-corrected chi connectivity index (χ2v) is 9.47. The number of methoxy groups -OCH3 is 1. The summed E-state index contributed by atoms with van der Waals surface area (Å²) in [7, 11) is 1.63. The lowest BCUT2D eigenvalue weighted by Gasteiger charge is -2.29. The Balaban J connectivity index is 1.33. The van der Waals surface area contributed by atoms with Gasteiger partial charge in [-0.1, -0.05) is 24.3 Å². The molecule has 3 aromatic rings. The molecule has 2 aromatic carbocycles. The molecular weight excluding hydrogens is 448 g/mol. The predicted octanol–water partition coefficient (Wildman–Crippen LogP) is 3.89. The summed E-state index contributed by atoms with van der Waals surface area (Å²) in [5.41, 5.74) is 2.54. The molecule has 1 aliphatic heterocycles. The first-order chi connectivity index (χ1) is 16.5. The van der Waals surface area contributed by atoms with Crippen molar-refractivity contribution in [3.8, 4) is 11.4 Å². The molecule has 7 nitrogen and oxygen atoms in total. The molecule has 1 aromatic heterocycles. The van der Waals surface area contributed by atoms with Crippen LogP contribution in [0.3, 0.4) is 0 Å². The van der Waals surface area contributed by atoms with Crippen molar-refractivity contribution < 1.29 is 14.3 Å². The number of hydrogen-bond acceptors (Lipinski definition) is 5. The van der Waals surface area contributed by atoms with E-state index in [4.69, 9.17) is 4.74 Å². The fraction of sp³-hybridized carbons (Fsp3) is 0.346. The van der Waals surface area contributed by atoms with Crippen molar-refractivity contribution in [2.24, 2.45) is 0 Å². The molecule has 0 aliphatic carbocycles. The van der Waals surface area contributed by atoms with Gasteiger partial charge in [-0.3, -0.25) is 9.59 Å². The number of ether oxygens (including phenoxy) is 1. The summed E-state index contributed by atoms with van der Waals surface area (Å²) in [4.78, 5) is 25.9. The van der Waals surface area contributed by atoms with Crippen LogP contribution in [-0.2, 0) is 22.6 Å². The summed E-state index contributed by atoms with van der Waals surface area (Å²) in [6, 6.07) is 16.1. The number of nitrogens with one attached hydrogen (secondary N) is 2. The number of aromatic nitrogens is 2. The van der Waals surface area contributed by atoms with Crippen LogP contribution < -0.4 is 15.4 Å². The van der Waals surface area contributed by atoms with Crippen molar-refractivity contribution in [3.05, 3.63) is 72.1 Å². The Morgan fingerprint density at radius 1 is 1.21 bits per heavy atom. The highest BCUT2D eigenvalue weighted by Crippen LogP contribution is 2.30. The monoisotopic (exact) mass is 478 g/mol. The smallest absolute Gasteiger partial charge is 0.220 e. The minimum Gasteiger partial charge on any atom is -0.494 e. The Bertz CT molecular complexity index is 1140. The number of para-hydroxylation sites is 2. The van der Waals surface area contributed by atoms with Gasteiger partial charge in [-0.05, 0) is 55.3 Å². The van der Waals surface area contributed by atoms with E-state index in [1.54, 1.807) is 29.8 Å². The molecule has 1 unspecified atom stereocenters. The Hall–Kier alpha value is -3.26. The van der Waals surface area contributed by atoms with Crippen molar-refractivity contribution in [2.45, 2.75) is 49.1 Å². The Labute approximate surface area is 204 Å². The number of nitrogens with zero attached hydrogens (tertiary/aromatic N) is 2. The van der Waals surface area contributed by atoms with Crippen LogP contribution >= 0.6 is 11.8 Å². The number of amides is 2. The summed E-state index contributed by atoms with van der Waals surface area (Å²) >= 11 is 1.70. The fourth-order valence-corrected chi connectivity index (χ4v) is 4.77. The number of carbonyl (C=O) groups is 2. The van der Waals surface area contributed by atoms with Gasteiger partial charge in [0.25, 0.3) is 0 Å². The maximum Gasteiger partial charge on any atom is 0.220 e. The SMILES string of the molecule is COc1ccccc1-n1cc(CNC(=O)CCC2(Cc3ccc(SC)cc3)CCC(=O)N2)cn1. The Morgan fingerprint density at radius 3 is 2.71 bits per heavy atom. The average Bonchev–Trinajstić information content (AvgIpc) is 3.49. The fourth-order valence-electron chi connectivity index (χ4n) is 4.36. The van der Waals surface area contributed by atoms with E-state index >= 15 is 0 Å². The number of rotatable bonds is 10. The van der Waals surface area contributed by atoms with Gasteiger partial charge in [0.1, 0.15) is 11.4 Å². The molecule has 1 saturated heterocycles. The third-order valence-electron chi connectivity index (χ3n) is 6.23. The molecule has 8 heteroatoms. The second kappa shape index (κ2) is 10.8. The van der Waals surface area contributed by atoms with Crippen LogP contribution in [0, 0.1) is 0 Å². The van der Waals surface area contributed by atoms with E-state index in [2.05, 4.69) is 46.3 Å². The maximum absolute atomic E-state index is 12.6. The predicted molar refractivity (Wildman–Crippen MR) is 133 cm³/mol. The first-order valence-electron chi connectivity index (χ1n) is 11.4. The van der Waals surface area contributed by atoms with Gasteiger partial charge in [-0.2, -0.15) is 5.10 Å². The molecule has 2 N–H and O–H groups in total. The molecule has 1 fully saturated rings. The first-order valence-corrected chi connectivity index (χ1v) is 12.6. The van der Waals surface area contributed by atoms with Gasteiger partial charge in [-0.25, -0.2) is 4.68 Å². The van der Waals surface area contributed by atoms with Crippen LogP contribution in [0.2, 0.25) is 0 Å². The molecule has 178 valence electrons. The van der Waals surface area contributed by atoms with Gasteiger partial charge in [-0.15, -0.1) is 11.8 Å². The first kappa shape index (κ1) is 23.9. The van der Waals surface area contributed by atoms with E-state index in [-0.39, 0.29) is 17.4 Å². The lowest BCUT2D eigenvalue weighted by molar-refractivity contribution is -0.122. The highest BCUT2D eigenvalue weighted by atomic mass is 32.2. The van der Waals surface area contributed by atoms with Gasteiger partial charge in [0.15, 0.2) is 0 Å². The van der Waals surface area contributed by atoms with Crippen LogP contribution in [0.15, 0.2) is 65.8 Å². The highest BCUT2D eigenvalue weighted by Gasteiger charge is 2.37. The third kappa shape index (κ3) is 5.80. The molecule has 0 saturated carbocycles. The Morgan fingerprint density at radius 2 is 2.00 bits per heavy atom. The number of thioether (sulfide) groups is 1. The molecule has 0 radical (unpaired) electrons. The van der Waals surface area contributed by atoms with Crippen LogP contribution in [0.4, 0.5) is 0 Å². The van der Waals surface area contributed by atoms with E-state index in [0.29, 0.717) is 25.8 Å². The number of hydrogen-bond donors (Lipinski definition) is 2. The molecule has 2 heterocycles. The van der Waals surface area contributed by atoms with Gasteiger partial charge in [0.2, 0.25) is 11.8 Å². The van der Waals surface area contributed by atoms with Crippen molar-refractivity contribution in [1.82, 2.24) is 20.4 Å². The molecular formula is C26H30N4O3S. The highest BCUT2D eigenvalue weighted by molar-refractivity contribution is 7.98. The van der Waals surface area contributed by atoms with Gasteiger partial charge in [0.05, 0.1) is 13.3 Å². The van der Waals surface area contributed by atoms with Gasteiger partial charge < -0.3 is 15.4 Å². The largest absolute Gasteiger partial charge is 0.494 e. The molecule has 0 bridgehead atoms. The molecule has 1 atom stereocenters. The normalized spacial score (nSPS) is 17.4. The standard InChI is InChI=1S/C26H30N4O3S/c1-33-23-6-4-3-5-22(23)30-18-20(17-28-30)16-27-24(31)11-13-26(14-12-25(32)29-26)15-19-7-9-21(34-2)10-8-19/h3-10,17-18H,11-16H2,1-2H3,(H,27,31)(H,29,32). The maximum atomic E-state index is 12.6. The lowest BCUT2D eigenvalue weighted by atomic mass is 9.85.